The molecular weight excluding hydrogens is 278 g/mol. The molecule has 0 unspecified atom stereocenters. The number of nitrogen functional groups attached to an aromatic ring is 1. The molecule has 2 aromatic rings. The summed E-state index contributed by atoms with van der Waals surface area (Å²) in [6.07, 6.45) is 0.320. The topological polar surface area (TPSA) is 106 Å². The molecule has 0 aliphatic rings. The van der Waals surface area contributed by atoms with Gasteiger partial charge in [-0.3, -0.25) is 9.36 Å². The lowest BCUT2D eigenvalue weighted by Gasteiger charge is -2.05. The number of anilines is 2. The molecule has 1 heterocycles. The van der Waals surface area contributed by atoms with Gasteiger partial charge in [-0.2, -0.15) is 0 Å². The smallest absolute Gasteiger partial charge is 0.343 e. The number of hydrogen-bond acceptors (Lipinski definition) is 5. The number of carbonyl (C=O) groups is 1. The van der Waals surface area contributed by atoms with Crippen LogP contribution in [0, 0.1) is 0 Å². The van der Waals surface area contributed by atoms with Gasteiger partial charge in [0.25, 0.3) is 0 Å². The Morgan fingerprint density at radius 1 is 1.55 bits per heavy atom. The lowest BCUT2D eigenvalue weighted by molar-refractivity contribution is -0.115. The van der Waals surface area contributed by atoms with Gasteiger partial charge in [0.2, 0.25) is 5.91 Å². The summed E-state index contributed by atoms with van der Waals surface area (Å²) in [6.45, 7) is 0. The summed E-state index contributed by atoms with van der Waals surface area (Å²) in [5, 5.41) is 9.51. The van der Waals surface area contributed by atoms with E-state index in [2.05, 4.69) is 15.5 Å². The molecule has 8 heteroatoms. The zero-order valence-electron chi connectivity index (χ0n) is 10.9. The molecule has 1 aromatic carbocycles. The zero-order chi connectivity index (χ0) is 14.5. The minimum atomic E-state index is -0.267. The third-order valence-electron chi connectivity index (χ3n) is 2.57. The van der Waals surface area contributed by atoms with Gasteiger partial charge in [-0.1, -0.05) is 17.8 Å². The lowest BCUT2D eigenvalue weighted by atomic mass is 10.3. The molecule has 20 heavy (non-hydrogen) atoms. The fraction of sp³-hybridized carbons (Fsp3) is 0.250. The fourth-order valence-electron chi connectivity index (χ4n) is 1.54. The molecule has 0 saturated carbocycles. The van der Waals surface area contributed by atoms with E-state index in [1.807, 2.05) is 0 Å². The number of benzene rings is 1. The largest absolute Gasteiger partial charge is 0.399 e. The second kappa shape index (κ2) is 6.29. The summed E-state index contributed by atoms with van der Waals surface area (Å²) >= 11 is 1.34. The summed E-state index contributed by atoms with van der Waals surface area (Å²) in [5.41, 5.74) is 6.64. The Morgan fingerprint density at radius 2 is 2.35 bits per heavy atom. The predicted molar refractivity (Wildman–Crippen MR) is 78.7 cm³/mol. The maximum Gasteiger partial charge on any atom is 0.343 e. The summed E-state index contributed by atoms with van der Waals surface area (Å²) in [7, 11) is 1.63. The fourth-order valence-corrected chi connectivity index (χ4v) is 2.39. The first-order valence-electron chi connectivity index (χ1n) is 5.96. The van der Waals surface area contributed by atoms with Gasteiger partial charge in [0.1, 0.15) is 0 Å². The third kappa shape index (κ3) is 3.64. The van der Waals surface area contributed by atoms with Crippen LogP contribution in [0.15, 0.2) is 34.2 Å². The van der Waals surface area contributed by atoms with Crippen molar-refractivity contribution in [1.29, 1.82) is 0 Å². The van der Waals surface area contributed by atoms with E-state index in [0.717, 1.165) is 0 Å². The summed E-state index contributed by atoms with van der Waals surface area (Å²) in [4.78, 5) is 22.9. The van der Waals surface area contributed by atoms with E-state index in [0.29, 0.717) is 28.7 Å². The Balaban J connectivity index is 1.81. The maximum atomic E-state index is 11.7. The number of rotatable bonds is 5. The van der Waals surface area contributed by atoms with Crippen molar-refractivity contribution < 1.29 is 4.79 Å². The Bertz CT molecular complexity index is 664. The number of nitrogens with two attached hydrogens (primary N) is 1. The van der Waals surface area contributed by atoms with Crippen molar-refractivity contribution in [3.8, 4) is 0 Å². The molecule has 0 saturated heterocycles. The van der Waals surface area contributed by atoms with E-state index in [9.17, 15) is 9.59 Å². The quantitative estimate of drug-likeness (QED) is 0.559. The molecule has 106 valence electrons. The second-order valence-electron chi connectivity index (χ2n) is 4.14. The van der Waals surface area contributed by atoms with E-state index in [4.69, 9.17) is 5.73 Å². The monoisotopic (exact) mass is 293 g/mol. The Kier molecular flexibility index (Phi) is 4.46. The molecule has 0 bridgehead atoms. The minimum Gasteiger partial charge on any atom is -0.399 e. The van der Waals surface area contributed by atoms with E-state index in [-0.39, 0.29) is 11.6 Å². The molecule has 2 rings (SSSR count). The molecular formula is C12H15N5O2S. The molecule has 0 fully saturated rings. The van der Waals surface area contributed by atoms with Crippen LogP contribution in [0.25, 0.3) is 0 Å². The van der Waals surface area contributed by atoms with Gasteiger partial charge >= 0.3 is 5.69 Å². The van der Waals surface area contributed by atoms with E-state index in [1.165, 1.54) is 16.3 Å². The number of thioether (sulfide) groups is 1. The van der Waals surface area contributed by atoms with Gasteiger partial charge in [-0.15, -0.1) is 5.10 Å². The number of hydrogen-bond donors (Lipinski definition) is 3. The number of amides is 1. The second-order valence-corrected chi connectivity index (χ2v) is 5.20. The summed E-state index contributed by atoms with van der Waals surface area (Å²) in [6, 6.07) is 7.00. The van der Waals surface area contributed by atoms with Crippen molar-refractivity contribution in [2.24, 2.45) is 7.05 Å². The van der Waals surface area contributed by atoms with E-state index in [1.54, 1.807) is 31.3 Å². The van der Waals surface area contributed by atoms with Crippen LogP contribution in [-0.4, -0.2) is 26.4 Å². The number of aromatic amines is 1. The first kappa shape index (κ1) is 14.2. The van der Waals surface area contributed by atoms with Crippen LogP contribution in [0.3, 0.4) is 0 Å². The van der Waals surface area contributed by atoms with Crippen LogP contribution < -0.4 is 16.7 Å². The van der Waals surface area contributed by atoms with Crippen molar-refractivity contribution in [2.45, 2.75) is 11.6 Å². The SMILES string of the molecule is Cn1c(SCCC(=O)Nc2cccc(N)c2)n[nH]c1=O. The molecule has 0 atom stereocenters. The van der Waals surface area contributed by atoms with Crippen LogP contribution in [-0.2, 0) is 11.8 Å². The third-order valence-corrected chi connectivity index (χ3v) is 3.60. The molecule has 1 amide bonds. The van der Waals surface area contributed by atoms with Gasteiger partial charge in [0, 0.05) is 30.6 Å². The number of aromatic nitrogens is 3. The highest BCUT2D eigenvalue weighted by Crippen LogP contribution is 2.15. The van der Waals surface area contributed by atoms with Crippen molar-refractivity contribution in [2.75, 3.05) is 16.8 Å². The molecule has 1 aromatic heterocycles. The molecule has 7 nitrogen and oxygen atoms in total. The van der Waals surface area contributed by atoms with Gasteiger partial charge in [0.05, 0.1) is 0 Å². The molecule has 0 radical (unpaired) electrons. The highest BCUT2D eigenvalue weighted by atomic mass is 32.2. The Labute approximate surface area is 119 Å². The van der Waals surface area contributed by atoms with E-state index < -0.39 is 0 Å². The van der Waals surface area contributed by atoms with Gasteiger partial charge in [-0.25, -0.2) is 9.89 Å². The van der Waals surface area contributed by atoms with E-state index >= 15 is 0 Å². The molecule has 4 N–H and O–H groups in total. The lowest BCUT2D eigenvalue weighted by Crippen LogP contribution is -2.14. The number of carbonyl (C=O) groups excluding carboxylic acids is 1. The van der Waals surface area contributed by atoms with Crippen molar-refractivity contribution in [3.63, 3.8) is 0 Å². The Morgan fingerprint density at radius 3 is 3.00 bits per heavy atom. The van der Waals surface area contributed by atoms with Gasteiger partial charge in [-0.05, 0) is 18.2 Å². The standard InChI is InChI=1S/C12H15N5O2S/c1-17-11(19)15-16-12(17)20-6-5-10(18)14-9-4-2-3-8(13)7-9/h2-4,7H,5-6,13H2,1H3,(H,14,18)(H,15,19). The normalized spacial score (nSPS) is 10.4. The Hall–Kier alpha value is -2.22. The first-order valence-corrected chi connectivity index (χ1v) is 6.94. The number of nitrogens with one attached hydrogen (secondary N) is 2. The van der Waals surface area contributed by atoms with Crippen LogP contribution >= 0.6 is 11.8 Å². The van der Waals surface area contributed by atoms with Crippen molar-refractivity contribution >= 4 is 29.0 Å². The first-order chi connectivity index (χ1) is 9.56. The highest BCUT2D eigenvalue weighted by molar-refractivity contribution is 7.99. The summed E-state index contributed by atoms with van der Waals surface area (Å²) < 4.78 is 1.40. The number of H-pyrrole nitrogens is 1. The van der Waals surface area contributed by atoms with Crippen LogP contribution in [0.2, 0.25) is 0 Å². The van der Waals surface area contributed by atoms with Crippen LogP contribution in [0.5, 0.6) is 0 Å². The van der Waals surface area contributed by atoms with Crippen LogP contribution in [0.1, 0.15) is 6.42 Å². The molecule has 0 aliphatic carbocycles. The van der Waals surface area contributed by atoms with Gasteiger partial charge < -0.3 is 11.1 Å². The highest BCUT2D eigenvalue weighted by Gasteiger charge is 2.07. The predicted octanol–water partition coefficient (Wildman–Crippen LogP) is 0.811. The zero-order valence-corrected chi connectivity index (χ0v) is 11.7. The molecule has 0 spiro atoms. The average Bonchev–Trinajstić information content (AvgIpc) is 2.71. The average molecular weight is 293 g/mol. The van der Waals surface area contributed by atoms with Crippen molar-refractivity contribution in [3.05, 3.63) is 34.7 Å². The summed E-state index contributed by atoms with van der Waals surface area (Å²) in [5.74, 6) is 0.426. The van der Waals surface area contributed by atoms with Crippen LogP contribution in [0.4, 0.5) is 11.4 Å². The maximum absolute atomic E-state index is 11.7. The minimum absolute atomic E-state index is 0.108. The van der Waals surface area contributed by atoms with Crippen molar-refractivity contribution in [1.82, 2.24) is 14.8 Å². The molecule has 0 aliphatic heterocycles. The number of nitrogens with zero attached hydrogens (tertiary/aromatic N) is 2. The van der Waals surface area contributed by atoms with Gasteiger partial charge in [0.15, 0.2) is 5.16 Å².